The molecule has 0 fully saturated rings. The van der Waals surface area contributed by atoms with Crippen LogP contribution >= 0.6 is 11.6 Å². The number of benzene rings is 1. The summed E-state index contributed by atoms with van der Waals surface area (Å²) in [5.74, 6) is 0. The minimum Gasteiger partial charge on any atom is -0.394 e. The van der Waals surface area contributed by atoms with Gasteiger partial charge < -0.3 is 21.3 Å². The van der Waals surface area contributed by atoms with Gasteiger partial charge in [-0.2, -0.15) is 0 Å². The van der Waals surface area contributed by atoms with Crippen LogP contribution in [-0.2, 0) is 6.54 Å². The van der Waals surface area contributed by atoms with E-state index in [4.69, 9.17) is 17.3 Å². The van der Waals surface area contributed by atoms with E-state index in [1.54, 1.807) is 12.1 Å². The molecule has 0 atom stereocenters. The number of hydrogen-bond acceptors (Lipinski definition) is 4. The summed E-state index contributed by atoms with van der Waals surface area (Å²) >= 11 is 6.10. The maximum atomic E-state index is 9.34. The second-order valence-corrected chi connectivity index (χ2v) is 4.50. The topological polar surface area (TPSA) is 78.5 Å². The minimum atomic E-state index is -0.742. The van der Waals surface area contributed by atoms with E-state index in [1.807, 2.05) is 13.0 Å². The number of aliphatic hydroxyl groups is 2. The Labute approximate surface area is 106 Å². The molecule has 0 radical (unpaired) electrons. The van der Waals surface area contributed by atoms with Crippen LogP contribution in [0.2, 0.25) is 5.02 Å². The zero-order chi connectivity index (χ0) is 12.9. The molecule has 1 rings (SSSR count). The third-order valence-electron chi connectivity index (χ3n) is 2.95. The van der Waals surface area contributed by atoms with Crippen molar-refractivity contribution in [2.75, 3.05) is 18.5 Å². The third kappa shape index (κ3) is 3.33. The monoisotopic (exact) mass is 258 g/mol. The van der Waals surface area contributed by atoms with Gasteiger partial charge in [-0.25, -0.2) is 0 Å². The molecule has 0 aliphatic carbocycles. The quantitative estimate of drug-likeness (QED) is 0.621. The Morgan fingerprint density at radius 1 is 1.35 bits per heavy atom. The molecule has 96 valence electrons. The van der Waals surface area contributed by atoms with Crippen molar-refractivity contribution in [3.8, 4) is 0 Å². The first kappa shape index (κ1) is 14.3. The zero-order valence-electron chi connectivity index (χ0n) is 9.91. The number of aliphatic hydroxyl groups excluding tert-OH is 2. The average molecular weight is 259 g/mol. The van der Waals surface area contributed by atoms with Crippen LogP contribution in [0.5, 0.6) is 0 Å². The second kappa shape index (κ2) is 6.21. The first-order chi connectivity index (χ1) is 8.10. The highest BCUT2D eigenvalue weighted by Crippen LogP contribution is 2.27. The van der Waals surface area contributed by atoms with Crippen molar-refractivity contribution in [1.82, 2.24) is 0 Å². The molecule has 0 unspecified atom stereocenters. The van der Waals surface area contributed by atoms with Crippen LogP contribution in [-0.4, -0.2) is 29.0 Å². The van der Waals surface area contributed by atoms with E-state index in [0.717, 1.165) is 5.56 Å². The van der Waals surface area contributed by atoms with Crippen LogP contribution < -0.4 is 11.1 Å². The van der Waals surface area contributed by atoms with Gasteiger partial charge in [-0.15, -0.1) is 0 Å². The van der Waals surface area contributed by atoms with Crippen molar-refractivity contribution in [2.45, 2.75) is 25.4 Å². The van der Waals surface area contributed by atoms with Gasteiger partial charge in [-0.1, -0.05) is 24.6 Å². The number of rotatable bonds is 6. The smallest absolute Gasteiger partial charge is 0.0832 e. The number of nitrogens with one attached hydrogen (secondary N) is 1. The molecular weight excluding hydrogens is 240 g/mol. The Kier molecular flexibility index (Phi) is 5.21. The van der Waals surface area contributed by atoms with E-state index >= 15 is 0 Å². The van der Waals surface area contributed by atoms with Gasteiger partial charge in [0, 0.05) is 6.54 Å². The SMILES string of the molecule is CCC(CO)(CO)Nc1ccc(CN)cc1Cl. The van der Waals surface area contributed by atoms with Crippen molar-refractivity contribution < 1.29 is 10.2 Å². The minimum absolute atomic E-state index is 0.158. The summed E-state index contributed by atoms with van der Waals surface area (Å²) in [5, 5.41) is 22.3. The largest absolute Gasteiger partial charge is 0.394 e. The van der Waals surface area contributed by atoms with Gasteiger partial charge >= 0.3 is 0 Å². The molecule has 0 aromatic heterocycles. The number of anilines is 1. The van der Waals surface area contributed by atoms with Gasteiger partial charge in [0.1, 0.15) is 0 Å². The third-order valence-corrected chi connectivity index (χ3v) is 3.26. The lowest BCUT2D eigenvalue weighted by atomic mass is 9.98. The summed E-state index contributed by atoms with van der Waals surface area (Å²) in [4.78, 5) is 0. The standard InChI is InChI=1S/C12H19ClN2O2/c1-2-12(7-16,8-17)15-11-4-3-9(6-14)5-10(11)13/h3-5,15-17H,2,6-8,14H2,1H3. The summed E-state index contributed by atoms with van der Waals surface area (Å²) in [6.07, 6.45) is 0.592. The van der Waals surface area contributed by atoms with Crippen molar-refractivity contribution in [2.24, 2.45) is 5.73 Å². The van der Waals surface area contributed by atoms with E-state index in [0.29, 0.717) is 23.7 Å². The predicted octanol–water partition coefficient (Wildman–Crippen LogP) is 1.34. The fourth-order valence-corrected chi connectivity index (χ4v) is 1.76. The highest BCUT2D eigenvalue weighted by molar-refractivity contribution is 6.33. The number of hydrogen-bond donors (Lipinski definition) is 4. The Bertz CT molecular complexity index is 359. The first-order valence-electron chi connectivity index (χ1n) is 5.59. The molecule has 5 N–H and O–H groups in total. The van der Waals surface area contributed by atoms with E-state index in [9.17, 15) is 10.2 Å². The highest BCUT2D eigenvalue weighted by atomic mass is 35.5. The number of nitrogens with two attached hydrogens (primary N) is 1. The summed E-state index contributed by atoms with van der Waals surface area (Å²) in [6.45, 7) is 2.00. The van der Waals surface area contributed by atoms with Gasteiger partial charge in [-0.05, 0) is 24.1 Å². The second-order valence-electron chi connectivity index (χ2n) is 4.09. The van der Waals surface area contributed by atoms with Crippen molar-refractivity contribution in [3.63, 3.8) is 0 Å². The van der Waals surface area contributed by atoms with Crippen LogP contribution in [0.3, 0.4) is 0 Å². The molecule has 0 saturated heterocycles. The van der Waals surface area contributed by atoms with E-state index in [-0.39, 0.29) is 13.2 Å². The summed E-state index contributed by atoms with van der Waals surface area (Å²) in [5.41, 5.74) is 6.40. The van der Waals surface area contributed by atoms with Gasteiger partial charge in [-0.3, -0.25) is 0 Å². The van der Waals surface area contributed by atoms with E-state index in [2.05, 4.69) is 5.32 Å². The zero-order valence-corrected chi connectivity index (χ0v) is 10.7. The number of halogens is 1. The van der Waals surface area contributed by atoms with Gasteiger partial charge in [0.2, 0.25) is 0 Å². The first-order valence-corrected chi connectivity index (χ1v) is 5.97. The molecule has 0 aliphatic rings. The Balaban J connectivity index is 2.94. The summed E-state index contributed by atoms with van der Waals surface area (Å²) in [6, 6.07) is 5.45. The van der Waals surface area contributed by atoms with Crippen LogP contribution in [0, 0.1) is 0 Å². The van der Waals surface area contributed by atoms with Crippen LogP contribution in [0.4, 0.5) is 5.69 Å². The lowest BCUT2D eigenvalue weighted by Crippen LogP contribution is -2.45. The van der Waals surface area contributed by atoms with Crippen molar-refractivity contribution in [3.05, 3.63) is 28.8 Å². The molecule has 4 nitrogen and oxygen atoms in total. The summed E-state index contributed by atoms with van der Waals surface area (Å²) in [7, 11) is 0. The Morgan fingerprint density at radius 2 is 2.00 bits per heavy atom. The normalized spacial score (nSPS) is 11.6. The highest BCUT2D eigenvalue weighted by Gasteiger charge is 2.26. The fraction of sp³-hybridized carbons (Fsp3) is 0.500. The van der Waals surface area contributed by atoms with E-state index in [1.165, 1.54) is 0 Å². The maximum absolute atomic E-state index is 9.34. The Morgan fingerprint density at radius 3 is 2.41 bits per heavy atom. The molecule has 0 amide bonds. The summed E-state index contributed by atoms with van der Waals surface area (Å²) < 4.78 is 0. The maximum Gasteiger partial charge on any atom is 0.0832 e. The molecule has 0 heterocycles. The lowest BCUT2D eigenvalue weighted by molar-refractivity contribution is 0.132. The Hall–Kier alpha value is -0.810. The van der Waals surface area contributed by atoms with Crippen LogP contribution in [0.15, 0.2) is 18.2 Å². The van der Waals surface area contributed by atoms with Crippen LogP contribution in [0.1, 0.15) is 18.9 Å². The van der Waals surface area contributed by atoms with Gasteiger partial charge in [0.05, 0.1) is 29.5 Å². The fourth-order valence-electron chi connectivity index (χ4n) is 1.51. The van der Waals surface area contributed by atoms with E-state index < -0.39 is 5.54 Å². The molecule has 0 spiro atoms. The van der Waals surface area contributed by atoms with Gasteiger partial charge in [0.15, 0.2) is 0 Å². The molecule has 0 saturated carbocycles. The molecule has 17 heavy (non-hydrogen) atoms. The molecule has 5 heteroatoms. The van der Waals surface area contributed by atoms with Crippen molar-refractivity contribution in [1.29, 1.82) is 0 Å². The van der Waals surface area contributed by atoms with Crippen LogP contribution in [0.25, 0.3) is 0 Å². The molecule has 0 aliphatic heterocycles. The molecule has 1 aromatic carbocycles. The molecular formula is C12H19ClN2O2. The predicted molar refractivity (Wildman–Crippen MR) is 70.2 cm³/mol. The molecule has 1 aromatic rings. The lowest BCUT2D eigenvalue weighted by Gasteiger charge is -2.31. The van der Waals surface area contributed by atoms with Crippen molar-refractivity contribution >= 4 is 17.3 Å². The molecule has 0 bridgehead atoms. The average Bonchev–Trinajstić information content (AvgIpc) is 2.38. The van der Waals surface area contributed by atoms with Gasteiger partial charge in [0.25, 0.3) is 0 Å².